The summed E-state index contributed by atoms with van der Waals surface area (Å²) in [6.07, 6.45) is 2.93. The van der Waals surface area contributed by atoms with E-state index in [0.717, 1.165) is 31.4 Å². The van der Waals surface area contributed by atoms with Crippen LogP contribution in [0.3, 0.4) is 0 Å². The molecule has 88 valence electrons. The van der Waals surface area contributed by atoms with Crippen LogP contribution < -0.4 is 10.2 Å². The maximum Gasteiger partial charge on any atom is 0.138 e. The summed E-state index contributed by atoms with van der Waals surface area (Å²) in [6.45, 7) is 2.55. The fourth-order valence-electron chi connectivity index (χ4n) is 2.34. The van der Waals surface area contributed by atoms with Crippen molar-refractivity contribution in [3.05, 3.63) is 30.5 Å². The highest BCUT2D eigenvalue weighted by molar-refractivity contribution is 5.83. The first kappa shape index (κ1) is 10.4. The van der Waals surface area contributed by atoms with Crippen LogP contribution in [-0.4, -0.2) is 36.9 Å². The summed E-state index contributed by atoms with van der Waals surface area (Å²) in [5, 5.41) is 4.40. The third kappa shape index (κ3) is 1.91. The predicted octanol–water partition coefficient (Wildman–Crippen LogP) is 1.15. The topological polar surface area (TPSA) is 48.1 Å². The van der Waals surface area contributed by atoms with E-state index in [1.807, 2.05) is 6.20 Å². The number of aromatic amines is 1. The predicted molar refractivity (Wildman–Crippen MR) is 68.4 cm³/mol. The molecule has 0 bridgehead atoms. The number of H-pyrrole nitrogens is 1. The van der Waals surface area contributed by atoms with Crippen molar-refractivity contribution >= 4 is 22.9 Å². The fourth-order valence-corrected chi connectivity index (χ4v) is 2.34. The Morgan fingerprint density at radius 1 is 1.35 bits per heavy atom. The Hall–Kier alpha value is -1.81. The lowest BCUT2D eigenvalue weighted by Crippen LogP contribution is -2.51. The average molecular weight is 229 g/mol. The van der Waals surface area contributed by atoms with Gasteiger partial charge in [-0.2, -0.15) is 0 Å². The Morgan fingerprint density at radius 2 is 2.29 bits per heavy atom. The first-order valence-electron chi connectivity index (χ1n) is 5.87. The Bertz CT molecular complexity index is 534. The molecule has 1 aromatic heterocycles. The SMILES string of the molecule is O=CC1CN(c2ccc3[nH]ccc3c2)CCN1. The molecule has 1 fully saturated rings. The van der Waals surface area contributed by atoms with Crippen LogP contribution >= 0.6 is 0 Å². The van der Waals surface area contributed by atoms with Crippen LogP contribution in [0.1, 0.15) is 0 Å². The van der Waals surface area contributed by atoms with E-state index in [-0.39, 0.29) is 6.04 Å². The minimum Gasteiger partial charge on any atom is -0.368 e. The van der Waals surface area contributed by atoms with Gasteiger partial charge < -0.3 is 20.0 Å². The first-order valence-corrected chi connectivity index (χ1v) is 5.87. The molecule has 17 heavy (non-hydrogen) atoms. The number of nitrogens with zero attached hydrogens (tertiary/aromatic N) is 1. The molecule has 1 atom stereocenters. The first-order chi connectivity index (χ1) is 8.36. The molecule has 3 rings (SSSR count). The van der Waals surface area contributed by atoms with Crippen LogP contribution in [-0.2, 0) is 4.79 Å². The quantitative estimate of drug-likeness (QED) is 0.759. The van der Waals surface area contributed by atoms with Crippen molar-refractivity contribution in [3.8, 4) is 0 Å². The van der Waals surface area contributed by atoms with Crippen molar-refractivity contribution in [1.29, 1.82) is 0 Å². The van der Waals surface area contributed by atoms with Crippen molar-refractivity contribution in [3.63, 3.8) is 0 Å². The molecule has 4 nitrogen and oxygen atoms in total. The number of rotatable bonds is 2. The zero-order valence-corrected chi connectivity index (χ0v) is 9.52. The van der Waals surface area contributed by atoms with E-state index < -0.39 is 0 Å². The van der Waals surface area contributed by atoms with Gasteiger partial charge >= 0.3 is 0 Å². The molecule has 0 saturated carbocycles. The number of nitrogens with one attached hydrogen (secondary N) is 2. The molecule has 0 spiro atoms. The lowest BCUT2D eigenvalue weighted by Gasteiger charge is -2.32. The number of hydrogen-bond donors (Lipinski definition) is 2. The van der Waals surface area contributed by atoms with E-state index in [4.69, 9.17) is 0 Å². The second-order valence-electron chi connectivity index (χ2n) is 4.39. The van der Waals surface area contributed by atoms with Crippen LogP contribution in [0, 0.1) is 0 Å². The third-order valence-corrected chi connectivity index (χ3v) is 3.27. The van der Waals surface area contributed by atoms with Gasteiger partial charge in [-0.15, -0.1) is 0 Å². The van der Waals surface area contributed by atoms with E-state index >= 15 is 0 Å². The number of carbonyl (C=O) groups excluding carboxylic acids is 1. The van der Waals surface area contributed by atoms with E-state index in [0.29, 0.717) is 0 Å². The van der Waals surface area contributed by atoms with E-state index in [1.165, 1.54) is 11.1 Å². The summed E-state index contributed by atoms with van der Waals surface area (Å²) in [5.74, 6) is 0. The van der Waals surface area contributed by atoms with Crippen molar-refractivity contribution in [2.75, 3.05) is 24.5 Å². The number of carbonyl (C=O) groups is 1. The van der Waals surface area contributed by atoms with Gasteiger partial charge in [0, 0.05) is 42.4 Å². The van der Waals surface area contributed by atoms with Gasteiger partial charge in [-0.3, -0.25) is 0 Å². The van der Waals surface area contributed by atoms with Crippen LogP contribution in [0.2, 0.25) is 0 Å². The Kier molecular flexibility index (Phi) is 2.57. The molecule has 2 aromatic rings. The maximum atomic E-state index is 10.8. The molecule has 0 amide bonds. The number of piperazine rings is 1. The number of fused-ring (bicyclic) bond motifs is 1. The normalized spacial score (nSPS) is 20.7. The molecule has 1 aliphatic rings. The van der Waals surface area contributed by atoms with Crippen LogP contribution in [0.15, 0.2) is 30.5 Å². The molecule has 2 N–H and O–H groups in total. The molecule has 2 heterocycles. The van der Waals surface area contributed by atoms with Crippen molar-refractivity contribution < 1.29 is 4.79 Å². The molecule has 1 aromatic carbocycles. The third-order valence-electron chi connectivity index (χ3n) is 3.27. The van der Waals surface area contributed by atoms with Gasteiger partial charge in [0.1, 0.15) is 6.29 Å². The monoisotopic (exact) mass is 229 g/mol. The molecule has 1 saturated heterocycles. The lowest BCUT2D eigenvalue weighted by molar-refractivity contribution is -0.109. The Morgan fingerprint density at radius 3 is 3.18 bits per heavy atom. The molecular formula is C13H15N3O. The zero-order chi connectivity index (χ0) is 11.7. The molecule has 0 aliphatic carbocycles. The average Bonchev–Trinajstić information content (AvgIpc) is 2.86. The van der Waals surface area contributed by atoms with Crippen molar-refractivity contribution in [1.82, 2.24) is 10.3 Å². The minimum absolute atomic E-state index is 0.0503. The number of benzene rings is 1. The summed E-state index contributed by atoms with van der Waals surface area (Å²) in [7, 11) is 0. The second kappa shape index (κ2) is 4.22. The van der Waals surface area contributed by atoms with Gasteiger partial charge in [-0.25, -0.2) is 0 Å². The summed E-state index contributed by atoms with van der Waals surface area (Å²) >= 11 is 0. The molecule has 1 aliphatic heterocycles. The summed E-state index contributed by atoms with van der Waals surface area (Å²) in [6, 6.07) is 8.37. The van der Waals surface area contributed by atoms with E-state index in [1.54, 1.807) is 0 Å². The highest BCUT2D eigenvalue weighted by atomic mass is 16.1. The van der Waals surface area contributed by atoms with Gasteiger partial charge in [0.15, 0.2) is 0 Å². The molecule has 1 unspecified atom stereocenters. The van der Waals surface area contributed by atoms with Crippen LogP contribution in [0.4, 0.5) is 5.69 Å². The molecule has 0 radical (unpaired) electrons. The van der Waals surface area contributed by atoms with Crippen LogP contribution in [0.25, 0.3) is 10.9 Å². The second-order valence-corrected chi connectivity index (χ2v) is 4.39. The van der Waals surface area contributed by atoms with Crippen molar-refractivity contribution in [2.45, 2.75) is 6.04 Å². The number of hydrogen-bond acceptors (Lipinski definition) is 3. The lowest BCUT2D eigenvalue weighted by atomic mass is 10.1. The van der Waals surface area contributed by atoms with E-state index in [9.17, 15) is 4.79 Å². The largest absolute Gasteiger partial charge is 0.368 e. The maximum absolute atomic E-state index is 10.8. The highest BCUT2D eigenvalue weighted by Gasteiger charge is 2.18. The fraction of sp³-hybridized carbons (Fsp3) is 0.308. The Balaban J connectivity index is 1.89. The van der Waals surface area contributed by atoms with Gasteiger partial charge in [0.25, 0.3) is 0 Å². The van der Waals surface area contributed by atoms with E-state index in [2.05, 4.69) is 39.5 Å². The van der Waals surface area contributed by atoms with Crippen molar-refractivity contribution in [2.24, 2.45) is 0 Å². The zero-order valence-electron chi connectivity index (χ0n) is 9.52. The van der Waals surface area contributed by atoms with Gasteiger partial charge in [-0.1, -0.05) is 0 Å². The van der Waals surface area contributed by atoms with Gasteiger partial charge in [-0.05, 0) is 24.3 Å². The molecular weight excluding hydrogens is 214 g/mol. The van der Waals surface area contributed by atoms with Gasteiger partial charge in [0.2, 0.25) is 0 Å². The molecule has 4 heteroatoms. The summed E-state index contributed by atoms with van der Waals surface area (Å²) in [4.78, 5) is 16.2. The number of aromatic nitrogens is 1. The minimum atomic E-state index is -0.0503. The number of aldehydes is 1. The summed E-state index contributed by atoms with van der Waals surface area (Å²) < 4.78 is 0. The van der Waals surface area contributed by atoms with Crippen LogP contribution in [0.5, 0.6) is 0 Å². The standard InChI is InChI=1S/C13H15N3O/c17-9-11-8-16(6-5-14-11)12-1-2-13-10(7-12)3-4-15-13/h1-4,7,9,11,14-15H,5-6,8H2. The smallest absolute Gasteiger partial charge is 0.138 e. The van der Waals surface area contributed by atoms with Gasteiger partial charge in [0.05, 0.1) is 6.04 Å². The number of anilines is 1. The Labute approximate surface area is 99.6 Å². The summed E-state index contributed by atoms with van der Waals surface area (Å²) in [5.41, 5.74) is 2.33. The highest BCUT2D eigenvalue weighted by Crippen LogP contribution is 2.22.